The van der Waals surface area contributed by atoms with Crippen molar-refractivity contribution in [2.75, 3.05) is 7.11 Å². The van der Waals surface area contributed by atoms with Crippen LogP contribution >= 0.6 is 0 Å². The molecule has 1 aromatic carbocycles. The standard InChI is InChI=1S/C10H12O2/c1-7-4-5-10(12-3)9(6-11)8(7)2/h4-6H,1-3H3. The molecule has 0 saturated carbocycles. The predicted octanol–water partition coefficient (Wildman–Crippen LogP) is 2.12. The highest BCUT2D eigenvalue weighted by atomic mass is 16.5. The monoisotopic (exact) mass is 164 g/mol. The fourth-order valence-electron chi connectivity index (χ4n) is 1.14. The Kier molecular flexibility index (Phi) is 2.48. The van der Waals surface area contributed by atoms with Crippen LogP contribution in [0, 0.1) is 13.8 Å². The van der Waals surface area contributed by atoms with Crippen LogP contribution in [0.2, 0.25) is 0 Å². The number of rotatable bonds is 2. The van der Waals surface area contributed by atoms with Crippen molar-refractivity contribution in [1.82, 2.24) is 0 Å². The number of ether oxygens (including phenoxy) is 1. The summed E-state index contributed by atoms with van der Waals surface area (Å²) in [5, 5.41) is 0. The van der Waals surface area contributed by atoms with Crippen molar-refractivity contribution in [3.8, 4) is 5.75 Å². The first-order chi connectivity index (χ1) is 5.70. The summed E-state index contributed by atoms with van der Waals surface area (Å²) in [6.07, 6.45) is 0.834. The van der Waals surface area contributed by atoms with Gasteiger partial charge in [-0.1, -0.05) is 6.07 Å². The molecule has 64 valence electrons. The van der Waals surface area contributed by atoms with Crippen LogP contribution in [-0.2, 0) is 0 Å². The molecule has 0 radical (unpaired) electrons. The van der Waals surface area contributed by atoms with E-state index in [1.54, 1.807) is 7.11 Å². The largest absolute Gasteiger partial charge is 0.496 e. The number of methoxy groups -OCH3 is 1. The Morgan fingerprint density at radius 3 is 2.50 bits per heavy atom. The molecule has 0 unspecified atom stereocenters. The molecule has 0 aliphatic carbocycles. The van der Waals surface area contributed by atoms with Gasteiger partial charge in [-0.05, 0) is 31.0 Å². The summed E-state index contributed by atoms with van der Waals surface area (Å²) in [6.45, 7) is 3.89. The maximum Gasteiger partial charge on any atom is 0.154 e. The number of benzene rings is 1. The third-order valence-corrected chi connectivity index (χ3v) is 2.08. The predicted molar refractivity (Wildman–Crippen MR) is 47.9 cm³/mol. The van der Waals surface area contributed by atoms with E-state index in [-0.39, 0.29) is 0 Å². The Morgan fingerprint density at radius 2 is 2.00 bits per heavy atom. The molecule has 0 heterocycles. The highest BCUT2D eigenvalue weighted by Gasteiger charge is 2.06. The molecular formula is C10H12O2. The summed E-state index contributed by atoms with van der Waals surface area (Å²) in [5.41, 5.74) is 2.75. The normalized spacial score (nSPS) is 9.58. The zero-order valence-electron chi connectivity index (χ0n) is 7.55. The van der Waals surface area contributed by atoms with Crippen LogP contribution in [0.25, 0.3) is 0 Å². The summed E-state index contributed by atoms with van der Waals surface area (Å²) >= 11 is 0. The SMILES string of the molecule is COc1ccc(C)c(C)c1C=O. The lowest BCUT2D eigenvalue weighted by molar-refractivity contribution is 0.112. The van der Waals surface area contributed by atoms with Crippen LogP contribution in [0.4, 0.5) is 0 Å². The van der Waals surface area contributed by atoms with Crippen molar-refractivity contribution in [1.29, 1.82) is 0 Å². The van der Waals surface area contributed by atoms with Gasteiger partial charge in [0.15, 0.2) is 6.29 Å². The van der Waals surface area contributed by atoms with Gasteiger partial charge >= 0.3 is 0 Å². The van der Waals surface area contributed by atoms with E-state index in [9.17, 15) is 4.79 Å². The molecule has 0 atom stereocenters. The molecule has 2 heteroatoms. The molecule has 0 aliphatic heterocycles. The van der Waals surface area contributed by atoms with E-state index in [1.807, 2.05) is 26.0 Å². The van der Waals surface area contributed by atoms with Gasteiger partial charge in [-0.15, -0.1) is 0 Å². The van der Waals surface area contributed by atoms with Crippen LogP contribution in [0.15, 0.2) is 12.1 Å². The quantitative estimate of drug-likeness (QED) is 0.626. The van der Waals surface area contributed by atoms with Crippen LogP contribution in [0.5, 0.6) is 5.75 Å². The highest BCUT2D eigenvalue weighted by Crippen LogP contribution is 2.22. The lowest BCUT2D eigenvalue weighted by Gasteiger charge is -2.07. The summed E-state index contributed by atoms with van der Waals surface area (Å²) < 4.78 is 5.04. The smallest absolute Gasteiger partial charge is 0.154 e. The Morgan fingerprint density at radius 1 is 1.33 bits per heavy atom. The average molecular weight is 164 g/mol. The summed E-state index contributed by atoms with van der Waals surface area (Å²) in [6, 6.07) is 3.76. The van der Waals surface area contributed by atoms with Gasteiger partial charge in [0.1, 0.15) is 5.75 Å². The molecular weight excluding hydrogens is 152 g/mol. The van der Waals surface area contributed by atoms with Crippen molar-refractivity contribution < 1.29 is 9.53 Å². The number of carbonyl (C=O) groups is 1. The topological polar surface area (TPSA) is 26.3 Å². The molecule has 0 spiro atoms. The van der Waals surface area contributed by atoms with Gasteiger partial charge < -0.3 is 4.74 Å². The molecule has 0 fully saturated rings. The summed E-state index contributed by atoms with van der Waals surface area (Å²) in [7, 11) is 1.57. The van der Waals surface area contributed by atoms with E-state index in [1.165, 1.54) is 0 Å². The van der Waals surface area contributed by atoms with Gasteiger partial charge in [0.2, 0.25) is 0 Å². The number of hydrogen-bond acceptors (Lipinski definition) is 2. The molecule has 2 nitrogen and oxygen atoms in total. The minimum absolute atomic E-state index is 0.646. The molecule has 0 bridgehead atoms. The fourth-order valence-corrected chi connectivity index (χ4v) is 1.14. The second-order valence-electron chi connectivity index (χ2n) is 2.74. The van der Waals surface area contributed by atoms with E-state index < -0.39 is 0 Å². The number of aldehydes is 1. The second-order valence-corrected chi connectivity index (χ2v) is 2.74. The van der Waals surface area contributed by atoms with Gasteiger partial charge in [0.25, 0.3) is 0 Å². The molecule has 1 aromatic rings. The Labute approximate surface area is 72.2 Å². The summed E-state index contributed by atoms with van der Waals surface area (Å²) in [5.74, 6) is 0.646. The van der Waals surface area contributed by atoms with Crippen molar-refractivity contribution >= 4 is 6.29 Å². The first-order valence-corrected chi connectivity index (χ1v) is 3.80. The van der Waals surface area contributed by atoms with E-state index in [0.29, 0.717) is 11.3 Å². The van der Waals surface area contributed by atoms with Gasteiger partial charge in [-0.25, -0.2) is 0 Å². The van der Waals surface area contributed by atoms with E-state index in [4.69, 9.17) is 4.74 Å². The highest BCUT2D eigenvalue weighted by molar-refractivity contribution is 5.82. The molecule has 0 amide bonds. The zero-order valence-corrected chi connectivity index (χ0v) is 7.55. The third kappa shape index (κ3) is 1.33. The van der Waals surface area contributed by atoms with Gasteiger partial charge in [0, 0.05) is 0 Å². The van der Waals surface area contributed by atoms with Crippen molar-refractivity contribution in [2.45, 2.75) is 13.8 Å². The lowest BCUT2D eigenvalue weighted by Crippen LogP contribution is -1.95. The minimum atomic E-state index is 0.646. The Balaban J connectivity index is 3.35. The van der Waals surface area contributed by atoms with Crippen molar-refractivity contribution in [2.24, 2.45) is 0 Å². The number of hydrogen-bond donors (Lipinski definition) is 0. The lowest BCUT2D eigenvalue weighted by atomic mass is 10.0. The molecule has 12 heavy (non-hydrogen) atoms. The fraction of sp³-hybridized carbons (Fsp3) is 0.300. The first-order valence-electron chi connectivity index (χ1n) is 3.80. The maximum absolute atomic E-state index is 10.7. The molecule has 0 saturated heterocycles. The molecule has 0 aliphatic rings. The Hall–Kier alpha value is -1.31. The maximum atomic E-state index is 10.7. The van der Waals surface area contributed by atoms with Crippen LogP contribution < -0.4 is 4.74 Å². The Bertz CT molecular complexity index is 303. The van der Waals surface area contributed by atoms with E-state index >= 15 is 0 Å². The summed E-state index contributed by atoms with van der Waals surface area (Å²) in [4.78, 5) is 10.7. The van der Waals surface area contributed by atoms with Crippen molar-refractivity contribution in [3.05, 3.63) is 28.8 Å². The average Bonchev–Trinajstić information content (AvgIpc) is 2.09. The van der Waals surface area contributed by atoms with Gasteiger partial charge in [-0.3, -0.25) is 4.79 Å². The van der Waals surface area contributed by atoms with E-state index in [0.717, 1.165) is 17.4 Å². The van der Waals surface area contributed by atoms with Crippen LogP contribution in [0.3, 0.4) is 0 Å². The zero-order chi connectivity index (χ0) is 9.14. The first kappa shape index (κ1) is 8.78. The molecule has 1 rings (SSSR count). The number of carbonyl (C=O) groups excluding carboxylic acids is 1. The third-order valence-electron chi connectivity index (χ3n) is 2.08. The molecule has 0 N–H and O–H groups in total. The van der Waals surface area contributed by atoms with Crippen LogP contribution in [-0.4, -0.2) is 13.4 Å². The van der Waals surface area contributed by atoms with Crippen LogP contribution in [0.1, 0.15) is 21.5 Å². The van der Waals surface area contributed by atoms with E-state index in [2.05, 4.69) is 0 Å². The van der Waals surface area contributed by atoms with Crippen molar-refractivity contribution in [3.63, 3.8) is 0 Å². The van der Waals surface area contributed by atoms with Gasteiger partial charge in [-0.2, -0.15) is 0 Å². The number of aryl methyl sites for hydroxylation is 1. The minimum Gasteiger partial charge on any atom is -0.496 e. The second kappa shape index (κ2) is 3.39. The van der Waals surface area contributed by atoms with Gasteiger partial charge in [0.05, 0.1) is 12.7 Å². The molecule has 0 aromatic heterocycles.